The van der Waals surface area contributed by atoms with Crippen molar-refractivity contribution >= 4 is 47.0 Å². The van der Waals surface area contributed by atoms with Crippen molar-refractivity contribution in [1.29, 1.82) is 0 Å². The molecular weight excluding hydrogens is 803 g/mol. The van der Waals surface area contributed by atoms with Crippen molar-refractivity contribution in [2.24, 2.45) is 5.41 Å². The first-order chi connectivity index (χ1) is 30.1. The van der Waals surface area contributed by atoms with Crippen LogP contribution in [-0.2, 0) is 43.4 Å². The van der Waals surface area contributed by atoms with Crippen molar-refractivity contribution in [3.05, 3.63) is 94.0 Å². The molecule has 5 N–H and O–H groups in total. The number of carbonyl (C=O) groups excluding carboxylic acids is 7. The number of rotatable bonds is 15. The van der Waals surface area contributed by atoms with Crippen LogP contribution in [0.1, 0.15) is 122 Å². The van der Waals surface area contributed by atoms with Crippen LogP contribution in [0.3, 0.4) is 0 Å². The highest BCUT2D eigenvalue weighted by molar-refractivity contribution is 6.23. The van der Waals surface area contributed by atoms with Crippen LogP contribution >= 0.6 is 0 Å². The van der Waals surface area contributed by atoms with E-state index in [9.17, 15) is 33.6 Å². The number of hydrogen-bond acceptors (Lipinski definition) is 10. The van der Waals surface area contributed by atoms with Gasteiger partial charge in [-0.05, 0) is 117 Å². The zero-order valence-electron chi connectivity index (χ0n) is 36.8. The molecule has 3 aromatic rings. The lowest BCUT2D eigenvalue weighted by Gasteiger charge is -2.41. The average molecular weight is 862 g/mol. The second-order valence-corrected chi connectivity index (χ2v) is 18.1. The van der Waals surface area contributed by atoms with Gasteiger partial charge in [0, 0.05) is 31.6 Å². The highest BCUT2D eigenvalue weighted by Crippen LogP contribution is 2.34. The summed E-state index contributed by atoms with van der Waals surface area (Å²) in [5.41, 5.74) is 4.68. The Morgan fingerprint density at radius 3 is 2.41 bits per heavy atom. The van der Waals surface area contributed by atoms with E-state index in [2.05, 4.69) is 38.7 Å². The Balaban J connectivity index is 0.959. The minimum Gasteiger partial charge on any atom is -0.494 e. The summed E-state index contributed by atoms with van der Waals surface area (Å²) in [5.74, 6) is -2.32. The predicted octanol–water partition coefficient (Wildman–Crippen LogP) is 4.33. The molecule has 0 saturated carbocycles. The fourth-order valence-corrected chi connectivity index (χ4v) is 8.91. The van der Waals surface area contributed by atoms with Crippen molar-refractivity contribution in [3.8, 4) is 5.75 Å². The van der Waals surface area contributed by atoms with Gasteiger partial charge in [-0.15, -0.1) is 0 Å². The summed E-state index contributed by atoms with van der Waals surface area (Å²) in [5, 5.41) is 14.7. The maximum atomic E-state index is 14.7. The molecule has 63 heavy (non-hydrogen) atoms. The van der Waals surface area contributed by atoms with E-state index < -0.39 is 53.2 Å². The summed E-state index contributed by atoms with van der Waals surface area (Å²) < 4.78 is 6.19. The molecule has 3 heterocycles. The van der Waals surface area contributed by atoms with E-state index in [-0.39, 0.29) is 54.3 Å². The quantitative estimate of drug-likeness (QED) is 0.108. The molecule has 4 aliphatic rings. The zero-order chi connectivity index (χ0) is 45.0. The largest absolute Gasteiger partial charge is 0.494 e. The Morgan fingerprint density at radius 2 is 1.65 bits per heavy atom. The van der Waals surface area contributed by atoms with Gasteiger partial charge in [0.05, 0.1) is 29.8 Å². The van der Waals surface area contributed by atoms with Crippen LogP contribution in [0, 0.1) is 5.41 Å². The van der Waals surface area contributed by atoms with E-state index in [1.54, 1.807) is 37.1 Å². The van der Waals surface area contributed by atoms with E-state index in [0.717, 1.165) is 60.1 Å². The van der Waals surface area contributed by atoms with Gasteiger partial charge in [0.25, 0.3) is 11.8 Å². The lowest BCUT2D eigenvalue weighted by molar-refractivity contribution is -0.147. The number of amides is 7. The number of ether oxygens (including phenoxy) is 1. The number of fused-ring (bicyclic) bond motifs is 3. The van der Waals surface area contributed by atoms with Crippen molar-refractivity contribution < 1.29 is 38.3 Å². The van der Waals surface area contributed by atoms with Crippen LogP contribution in [0.2, 0.25) is 0 Å². The molecule has 5 atom stereocenters. The molecule has 1 aliphatic carbocycles. The summed E-state index contributed by atoms with van der Waals surface area (Å²) >= 11 is 0. The van der Waals surface area contributed by atoms with Crippen molar-refractivity contribution in [3.63, 3.8) is 0 Å². The number of unbranched alkanes of at least 4 members (excludes halogenated alkanes) is 2. The maximum absolute atomic E-state index is 14.7. The first-order valence-corrected chi connectivity index (χ1v) is 22.1. The van der Waals surface area contributed by atoms with Crippen LogP contribution < -0.4 is 31.3 Å². The summed E-state index contributed by atoms with van der Waals surface area (Å²) in [7, 11) is 1.69. The number of piperidine rings is 1. The van der Waals surface area contributed by atoms with Crippen LogP contribution in [0.25, 0.3) is 0 Å². The molecule has 15 heteroatoms. The van der Waals surface area contributed by atoms with E-state index in [4.69, 9.17) is 4.74 Å². The van der Waals surface area contributed by atoms with Gasteiger partial charge < -0.3 is 30.9 Å². The number of nitrogens with zero attached hydrogens (tertiary/aromatic N) is 2. The third-order valence-electron chi connectivity index (χ3n) is 12.7. The smallest absolute Gasteiger partial charge is 0.262 e. The van der Waals surface area contributed by atoms with Gasteiger partial charge in [-0.3, -0.25) is 43.8 Å². The highest BCUT2D eigenvalue weighted by atomic mass is 16.5. The molecule has 15 nitrogen and oxygen atoms in total. The monoisotopic (exact) mass is 861 g/mol. The molecular formula is C48H59N7O8. The van der Waals surface area contributed by atoms with Crippen LogP contribution in [0.15, 0.2) is 60.7 Å². The first-order valence-electron chi connectivity index (χ1n) is 22.1. The molecule has 0 aromatic heterocycles. The lowest BCUT2D eigenvalue weighted by Crippen LogP contribution is -2.62. The van der Waals surface area contributed by atoms with E-state index in [0.29, 0.717) is 31.0 Å². The Labute approximate surface area is 368 Å². The van der Waals surface area contributed by atoms with Gasteiger partial charge in [0.2, 0.25) is 29.5 Å². The molecule has 334 valence electrons. The third-order valence-corrected chi connectivity index (χ3v) is 12.7. The van der Waals surface area contributed by atoms with Crippen molar-refractivity contribution in [2.75, 3.05) is 25.5 Å². The second kappa shape index (κ2) is 19.1. The summed E-state index contributed by atoms with van der Waals surface area (Å²) in [6.45, 7) is 8.72. The SMILES string of the molecule is CN[C@@H](C)C(=O)N[C@H](C(=O)N1Cc2cc(OCCCCCNc3ccc4c(c3)C(=O)N(C3CCC(=O)NC3=O)C4=O)ccc2C[C@H]1C(=O)N[C@@H]1CCCc2ccccc21)C(C)(C)C. The van der Waals surface area contributed by atoms with Crippen LogP contribution in [-0.4, -0.2) is 95.5 Å². The second-order valence-electron chi connectivity index (χ2n) is 18.1. The van der Waals surface area contributed by atoms with Gasteiger partial charge in [0.15, 0.2) is 0 Å². The van der Waals surface area contributed by atoms with Crippen LogP contribution in [0.4, 0.5) is 5.69 Å². The van der Waals surface area contributed by atoms with Gasteiger partial charge in [-0.1, -0.05) is 51.1 Å². The molecule has 0 bridgehead atoms. The molecule has 1 unspecified atom stereocenters. The van der Waals surface area contributed by atoms with E-state index in [1.807, 2.05) is 51.1 Å². The molecule has 0 radical (unpaired) electrons. The number of aryl methyl sites for hydroxylation is 1. The molecule has 3 aliphatic heterocycles. The lowest BCUT2D eigenvalue weighted by atomic mass is 9.83. The Hall–Kier alpha value is -6.09. The number of hydrogen-bond donors (Lipinski definition) is 5. The number of likely N-dealkylation sites (N-methyl/N-ethyl adjacent to an activating group) is 1. The van der Waals surface area contributed by atoms with E-state index >= 15 is 0 Å². The molecule has 7 rings (SSSR count). The summed E-state index contributed by atoms with van der Waals surface area (Å²) in [6, 6.07) is 15.6. The molecule has 1 fully saturated rings. The van der Waals surface area contributed by atoms with Gasteiger partial charge in [0.1, 0.15) is 23.9 Å². The Morgan fingerprint density at radius 1 is 0.873 bits per heavy atom. The topological polar surface area (TPSA) is 195 Å². The van der Waals surface area contributed by atoms with E-state index in [1.165, 1.54) is 5.56 Å². The van der Waals surface area contributed by atoms with Crippen molar-refractivity contribution in [1.82, 2.24) is 31.1 Å². The number of nitrogens with one attached hydrogen (secondary N) is 5. The third kappa shape index (κ3) is 9.93. The predicted molar refractivity (Wildman–Crippen MR) is 236 cm³/mol. The fraction of sp³-hybridized carbons (Fsp3) is 0.479. The molecule has 0 spiro atoms. The minimum absolute atomic E-state index is 0.0625. The summed E-state index contributed by atoms with van der Waals surface area (Å²) in [4.78, 5) is 94.9. The van der Waals surface area contributed by atoms with Gasteiger partial charge in [-0.25, -0.2) is 0 Å². The molecule has 7 amide bonds. The number of carbonyl (C=O) groups is 7. The summed E-state index contributed by atoms with van der Waals surface area (Å²) in [6.07, 6.45) is 5.65. The highest BCUT2D eigenvalue weighted by Gasteiger charge is 2.45. The molecule has 3 aromatic carbocycles. The Kier molecular flexibility index (Phi) is 13.6. The van der Waals surface area contributed by atoms with Crippen LogP contribution in [0.5, 0.6) is 5.75 Å². The minimum atomic E-state index is -1.01. The average Bonchev–Trinajstić information content (AvgIpc) is 3.51. The zero-order valence-corrected chi connectivity index (χ0v) is 36.8. The first kappa shape index (κ1) is 44.9. The fourth-order valence-electron chi connectivity index (χ4n) is 8.91. The van der Waals surface area contributed by atoms with Gasteiger partial charge in [-0.2, -0.15) is 0 Å². The Bertz CT molecular complexity index is 2290. The van der Waals surface area contributed by atoms with Crippen molar-refractivity contribution in [2.45, 2.75) is 122 Å². The standard InChI is InChI=1S/C48H59N7O8/c1-28(49-5)42(57)53-41(48(2,3)4)47(62)54-27-31-24-33(18-16-30(31)25-39(54)44(59)51-37-15-11-13-29-12-7-8-14-34(29)37)63-23-10-6-9-22-50-32-17-19-35-36(26-32)46(61)55(45(35)60)38-20-21-40(56)52-43(38)58/h7-8,12,14,16-19,24,26,28,37-39,41,49-50H,6,9-11,13,15,20-23,25,27H2,1-5H3,(H,51,59)(H,53,57)(H,52,56,58)/t28-,37+,38?,39-,41+/m0/s1. The number of imide groups is 2. The van der Waals surface area contributed by atoms with Gasteiger partial charge >= 0.3 is 0 Å². The number of benzene rings is 3. The maximum Gasteiger partial charge on any atom is 0.262 e. The number of anilines is 1. The molecule has 1 saturated heterocycles. The normalized spacial score (nSPS) is 20.5.